The topological polar surface area (TPSA) is 72.7 Å². The van der Waals surface area contributed by atoms with Crippen LogP contribution in [0.1, 0.15) is 19.8 Å². The molecule has 6 nitrogen and oxygen atoms in total. The highest BCUT2D eigenvalue weighted by molar-refractivity contribution is 5.82. The SMILES string of the molecule is CCOC(=O)C=C1CCN(c2c(F)cc([N+](=O)[O-])cc2F)CC1. The van der Waals surface area contributed by atoms with Gasteiger partial charge in [0.15, 0.2) is 11.6 Å². The molecule has 1 aromatic carbocycles. The van der Waals surface area contributed by atoms with Crippen LogP contribution in [-0.4, -0.2) is 30.6 Å². The van der Waals surface area contributed by atoms with Gasteiger partial charge in [0.2, 0.25) is 0 Å². The molecule has 0 amide bonds. The number of nitro groups is 1. The molecule has 124 valence electrons. The van der Waals surface area contributed by atoms with Gasteiger partial charge in [-0.25, -0.2) is 13.6 Å². The first-order chi connectivity index (χ1) is 10.9. The minimum absolute atomic E-state index is 0.272. The number of anilines is 1. The van der Waals surface area contributed by atoms with E-state index in [4.69, 9.17) is 4.74 Å². The fourth-order valence-corrected chi connectivity index (χ4v) is 2.47. The zero-order valence-electron chi connectivity index (χ0n) is 12.6. The Labute approximate surface area is 131 Å². The molecule has 0 atom stereocenters. The minimum atomic E-state index is -0.963. The Bertz CT molecular complexity index is 628. The van der Waals surface area contributed by atoms with Crippen LogP contribution in [0.15, 0.2) is 23.8 Å². The predicted octanol–water partition coefficient (Wildman–Crippen LogP) is 2.96. The van der Waals surface area contributed by atoms with Crippen molar-refractivity contribution in [2.45, 2.75) is 19.8 Å². The molecule has 1 saturated heterocycles. The number of piperidine rings is 1. The van der Waals surface area contributed by atoms with Crippen molar-refractivity contribution in [2.24, 2.45) is 0 Å². The molecule has 0 unspecified atom stereocenters. The molecule has 8 heteroatoms. The molecule has 0 saturated carbocycles. The van der Waals surface area contributed by atoms with Crippen molar-refractivity contribution in [2.75, 3.05) is 24.6 Å². The summed E-state index contributed by atoms with van der Waals surface area (Å²) in [6.07, 6.45) is 2.34. The van der Waals surface area contributed by atoms with Crippen molar-refractivity contribution in [3.05, 3.63) is 45.5 Å². The summed E-state index contributed by atoms with van der Waals surface area (Å²) in [4.78, 5) is 22.6. The number of carbonyl (C=O) groups excluding carboxylic acids is 1. The van der Waals surface area contributed by atoms with Crippen LogP contribution < -0.4 is 4.90 Å². The number of halogens is 2. The van der Waals surface area contributed by atoms with Gasteiger partial charge < -0.3 is 9.64 Å². The Morgan fingerprint density at radius 3 is 2.39 bits per heavy atom. The Hall–Kier alpha value is -2.51. The lowest BCUT2D eigenvalue weighted by Gasteiger charge is -2.30. The second-order valence-electron chi connectivity index (χ2n) is 5.06. The third kappa shape index (κ3) is 4.02. The maximum Gasteiger partial charge on any atom is 0.330 e. The standard InChI is InChI=1S/C15H16F2N2O4/c1-2-23-14(20)7-10-3-5-18(6-4-10)15-12(16)8-11(19(21)22)9-13(15)17/h7-9H,2-6H2,1H3. The summed E-state index contributed by atoms with van der Waals surface area (Å²) in [6, 6.07) is 1.42. The van der Waals surface area contributed by atoms with Crippen molar-refractivity contribution in [1.82, 2.24) is 0 Å². The van der Waals surface area contributed by atoms with Crippen LogP contribution >= 0.6 is 0 Å². The average molecular weight is 326 g/mol. The first-order valence-corrected chi connectivity index (χ1v) is 7.17. The predicted molar refractivity (Wildman–Crippen MR) is 79.2 cm³/mol. The van der Waals surface area contributed by atoms with E-state index >= 15 is 0 Å². The molecule has 0 spiro atoms. The van der Waals surface area contributed by atoms with Gasteiger partial charge in [0, 0.05) is 19.2 Å². The molecule has 0 N–H and O–H groups in total. The van der Waals surface area contributed by atoms with Crippen LogP contribution in [0.5, 0.6) is 0 Å². The summed E-state index contributed by atoms with van der Waals surface area (Å²) in [6.45, 7) is 2.63. The first kappa shape index (κ1) is 16.9. The van der Waals surface area contributed by atoms with Crippen molar-refractivity contribution in [3.63, 3.8) is 0 Å². The van der Waals surface area contributed by atoms with Gasteiger partial charge in [-0.15, -0.1) is 0 Å². The number of ether oxygens (including phenoxy) is 1. The Morgan fingerprint density at radius 1 is 1.35 bits per heavy atom. The summed E-state index contributed by atoms with van der Waals surface area (Å²) in [7, 11) is 0. The Balaban J connectivity index is 2.11. The molecule has 0 aromatic heterocycles. The maximum absolute atomic E-state index is 14.0. The van der Waals surface area contributed by atoms with Crippen molar-refractivity contribution in [3.8, 4) is 0 Å². The van der Waals surface area contributed by atoms with E-state index < -0.39 is 28.2 Å². The molecule has 0 bridgehead atoms. The minimum Gasteiger partial charge on any atom is -0.463 e. The van der Waals surface area contributed by atoms with Gasteiger partial charge in [-0.1, -0.05) is 5.57 Å². The fourth-order valence-electron chi connectivity index (χ4n) is 2.47. The molecular weight excluding hydrogens is 310 g/mol. The smallest absolute Gasteiger partial charge is 0.330 e. The second-order valence-corrected chi connectivity index (χ2v) is 5.06. The lowest BCUT2D eigenvalue weighted by Crippen LogP contribution is -2.32. The maximum atomic E-state index is 14.0. The highest BCUT2D eigenvalue weighted by Crippen LogP contribution is 2.31. The molecular formula is C15H16F2N2O4. The van der Waals surface area contributed by atoms with Crippen molar-refractivity contribution in [1.29, 1.82) is 0 Å². The third-order valence-corrected chi connectivity index (χ3v) is 3.54. The number of hydrogen-bond donors (Lipinski definition) is 0. The fraction of sp³-hybridized carbons (Fsp3) is 0.400. The van der Waals surface area contributed by atoms with Gasteiger partial charge in [-0.2, -0.15) is 0 Å². The van der Waals surface area contributed by atoms with Gasteiger partial charge in [0.05, 0.1) is 23.7 Å². The average Bonchev–Trinajstić information content (AvgIpc) is 2.48. The molecule has 2 rings (SSSR count). The molecule has 1 aliphatic heterocycles. The Morgan fingerprint density at radius 2 is 1.91 bits per heavy atom. The number of esters is 1. The van der Waals surface area contributed by atoms with Crippen LogP contribution in [0, 0.1) is 21.7 Å². The Kier molecular flexibility index (Phi) is 5.25. The lowest BCUT2D eigenvalue weighted by atomic mass is 10.0. The van der Waals surface area contributed by atoms with E-state index in [-0.39, 0.29) is 12.3 Å². The monoisotopic (exact) mass is 326 g/mol. The van der Waals surface area contributed by atoms with Gasteiger partial charge in [0.1, 0.15) is 5.69 Å². The summed E-state index contributed by atoms with van der Waals surface area (Å²) in [5, 5.41) is 10.6. The zero-order chi connectivity index (χ0) is 17.0. The largest absolute Gasteiger partial charge is 0.463 e. The summed E-state index contributed by atoms with van der Waals surface area (Å²) in [5.41, 5.74) is -0.0446. The van der Waals surface area contributed by atoms with E-state index in [1.54, 1.807) is 6.92 Å². The number of carbonyl (C=O) groups is 1. The van der Waals surface area contributed by atoms with Crippen LogP contribution in [0.2, 0.25) is 0 Å². The molecule has 1 fully saturated rings. The highest BCUT2D eigenvalue weighted by Gasteiger charge is 2.24. The number of benzene rings is 1. The lowest BCUT2D eigenvalue weighted by molar-refractivity contribution is -0.385. The van der Waals surface area contributed by atoms with E-state index in [1.165, 1.54) is 11.0 Å². The number of nitrogens with zero attached hydrogens (tertiary/aromatic N) is 2. The molecule has 0 aliphatic carbocycles. The van der Waals surface area contributed by atoms with Gasteiger partial charge in [0.25, 0.3) is 5.69 Å². The van der Waals surface area contributed by atoms with Crippen molar-refractivity contribution >= 4 is 17.3 Å². The molecule has 23 heavy (non-hydrogen) atoms. The number of nitro benzene ring substituents is 1. The van der Waals surface area contributed by atoms with Gasteiger partial charge in [-0.05, 0) is 19.8 Å². The third-order valence-electron chi connectivity index (χ3n) is 3.54. The van der Waals surface area contributed by atoms with E-state index in [0.29, 0.717) is 38.1 Å². The number of non-ortho nitro benzene ring substituents is 1. The first-order valence-electron chi connectivity index (χ1n) is 7.17. The second kappa shape index (κ2) is 7.17. The van der Waals surface area contributed by atoms with Crippen LogP contribution in [0.3, 0.4) is 0 Å². The molecule has 1 aromatic rings. The quantitative estimate of drug-likeness (QED) is 0.368. The number of rotatable bonds is 4. The van der Waals surface area contributed by atoms with E-state index in [2.05, 4.69) is 0 Å². The van der Waals surface area contributed by atoms with Crippen LogP contribution in [0.25, 0.3) is 0 Å². The van der Waals surface area contributed by atoms with Crippen LogP contribution in [0.4, 0.5) is 20.2 Å². The molecule has 0 radical (unpaired) electrons. The number of hydrogen-bond acceptors (Lipinski definition) is 5. The van der Waals surface area contributed by atoms with Crippen LogP contribution in [-0.2, 0) is 9.53 Å². The van der Waals surface area contributed by atoms with Gasteiger partial charge >= 0.3 is 5.97 Å². The highest BCUT2D eigenvalue weighted by atomic mass is 19.1. The molecule has 1 aliphatic rings. The normalized spacial score (nSPS) is 14.6. The zero-order valence-corrected chi connectivity index (χ0v) is 12.6. The van der Waals surface area contributed by atoms with Crippen molar-refractivity contribution < 1.29 is 23.2 Å². The van der Waals surface area contributed by atoms with E-state index in [1.807, 2.05) is 0 Å². The summed E-state index contributed by atoms with van der Waals surface area (Å²) < 4.78 is 32.8. The summed E-state index contributed by atoms with van der Waals surface area (Å²) >= 11 is 0. The van der Waals surface area contributed by atoms with E-state index in [0.717, 1.165) is 5.57 Å². The molecule has 1 heterocycles. The van der Waals surface area contributed by atoms with Gasteiger partial charge in [-0.3, -0.25) is 10.1 Å². The summed E-state index contributed by atoms with van der Waals surface area (Å²) in [5.74, 6) is -2.35. The van der Waals surface area contributed by atoms with E-state index in [9.17, 15) is 23.7 Å².